The number of rotatable bonds is 6. The van der Waals surface area contributed by atoms with E-state index in [1.165, 1.54) is 15.9 Å². The van der Waals surface area contributed by atoms with Gasteiger partial charge in [0.2, 0.25) is 5.91 Å². The summed E-state index contributed by atoms with van der Waals surface area (Å²) in [7, 11) is 0. The van der Waals surface area contributed by atoms with Crippen molar-refractivity contribution in [3.8, 4) is 10.6 Å². The molecular formula is C20H16ClN3O3S. The first-order chi connectivity index (χ1) is 13.6. The van der Waals surface area contributed by atoms with Crippen molar-refractivity contribution < 1.29 is 9.21 Å². The number of amides is 1. The zero-order chi connectivity index (χ0) is 19.5. The number of carbonyl (C=O) groups excluding carboxylic acids is 1. The van der Waals surface area contributed by atoms with Crippen LogP contribution in [0.3, 0.4) is 0 Å². The van der Waals surface area contributed by atoms with E-state index in [2.05, 4.69) is 10.3 Å². The lowest BCUT2D eigenvalue weighted by Gasteiger charge is -2.04. The third kappa shape index (κ3) is 4.00. The van der Waals surface area contributed by atoms with Crippen molar-refractivity contribution in [2.24, 2.45) is 0 Å². The second-order valence-electron chi connectivity index (χ2n) is 6.17. The summed E-state index contributed by atoms with van der Waals surface area (Å²) in [5.41, 5.74) is 2.89. The van der Waals surface area contributed by atoms with Crippen molar-refractivity contribution in [1.82, 2.24) is 14.9 Å². The van der Waals surface area contributed by atoms with Gasteiger partial charge in [0, 0.05) is 35.0 Å². The van der Waals surface area contributed by atoms with Crippen molar-refractivity contribution >= 4 is 39.9 Å². The molecule has 4 rings (SSSR count). The van der Waals surface area contributed by atoms with Gasteiger partial charge in [0.15, 0.2) is 5.58 Å². The maximum absolute atomic E-state index is 12.2. The Morgan fingerprint density at radius 3 is 2.86 bits per heavy atom. The topological polar surface area (TPSA) is 77.1 Å². The van der Waals surface area contributed by atoms with Crippen LogP contribution in [0.25, 0.3) is 21.7 Å². The van der Waals surface area contributed by atoms with Crippen LogP contribution >= 0.6 is 22.9 Å². The van der Waals surface area contributed by atoms with E-state index in [4.69, 9.17) is 16.0 Å². The molecule has 0 saturated carbocycles. The van der Waals surface area contributed by atoms with Crippen LogP contribution in [0.15, 0.2) is 63.1 Å². The van der Waals surface area contributed by atoms with Crippen LogP contribution in [0.4, 0.5) is 0 Å². The fourth-order valence-corrected chi connectivity index (χ4v) is 3.83. The quantitative estimate of drug-likeness (QED) is 0.516. The summed E-state index contributed by atoms with van der Waals surface area (Å²) in [6, 6.07) is 14.9. The minimum absolute atomic E-state index is 0.160. The first-order valence-electron chi connectivity index (χ1n) is 8.65. The highest BCUT2D eigenvalue weighted by Crippen LogP contribution is 2.23. The van der Waals surface area contributed by atoms with Crippen LogP contribution in [0.1, 0.15) is 12.1 Å². The number of carbonyl (C=O) groups is 1. The minimum atomic E-state index is -0.503. The summed E-state index contributed by atoms with van der Waals surface area (Å²) in [4.78, 5) is 28.7. The number of aromatic nitrogens is 2. The molecule has 0 aliphatic carbocycles. The number of aryl methyl sites for hydroxylation is 1. The third-order valence-corrected chi connectivity index (χ3v) is 5.41. The zero-order valence-electron chi connectivity index (χ0n) is 14.7. The van der Waals surface area contributed by atoms with Gasteiger partial charge in [-0.25, -0.2) is 9.78 Å². The highest BCUT2D eigenvalue weighted by Gasteiger charge is 2.12. The van der Waals surface area contributed by atoms with E-state index < -0.39 is 5.76 Å². The largest absolute Gasteiger partial charge is 0.419 e. The Labute approximate surface area is 169 Å². The highest BCUT2D eigenvalue weighted by molar-refractivity contribution is 7.13. The van der Waals surface area contributed by atoms with Gasteiger partial charge in [-0.3, -0.25) is 9.36 Å². The van der Waals surface area contributed by atoms with E-state index in [1.54, 1.807) is 18.2 Å². The van der Waals surface area contributed by atoms with E-state index in [-0.39, 0.29) is 18.9 Å². The maximum atomic E-state index is 12.2. The summed E-state index contributed by atoms with van der Waals surface area (Å²) < 4.78 is 6.60. The Morgan fingerprint density at radius 1 is 1.21 bits per heavy atom. The normalized spacial score (nSPS) is 11.0. The molecule has 1 N–H and O–H groups in total. The second kappa shape index (κ2) is 8.00. The van der Waals surface area contributed by atoms with Crippen molar-refractivity contribution in [3.05, 3.63) is 75.2 Å². The molecule has 2 aromatic carbocycles. The Balaban J connectivity index is 1.35. The standard InChI is InChI=1S/C20H16ClN3O3S/c21-14-6-7-16-17(10-14)27-20(26)24(16)9-8-18(25)22-11-15-12-28-19(23-15)13-4-2-1-3-5-13/h1-7,10,12H,8-9,11H2,(H,22,25). The van der Waals surface area contributed by atoms with Crippen molar-refractivity contribution in [2.45, 2.75) is 19.5 Å². The van der Waals surface area contributed by atoms with Crippen LogP contribution in [0.5, 0.6) is 0 Å². The fraction of sp³-hybridized carbons (Fsp3) is 0.150. The number of hydrogen-bond donors (Lipinski definition) is 1. The van der Waals surface area contributed by atoms with Gasteiger partial charge in [0.1, 0.15) is 5.01 Å². The van der Waals surface area contributed by atoms with Crippen molar-refractivity contribution in [3.63, 3.8) is 0 Å². The first-order valence-corrected chi connectivity index (χ1v) is 9.91. The molecule has 1 amide bonds. The van der Waals surface area contributed by atoms with Gasteiger partial charge in [0.25, 0.3) is 0 Å². The van der Waals surface area contributed by atoms with Gasteiger partial charge >= 0.3 is 5.76 Å². The van der Waals surface area contributed by atoms with Gasteiger partial charge in [-0.05, 0) is 12.1 Å². The monoisotopic (exact) mass is 413 g/mol. The SMILES string of the molecule is O=C(CCn1c(=O)oc2cc(Cl)ccc21)NCc1csc(-c2ccccc2)n1. The summed E-state index contributed by atoms with van der Waals surface area (Å²) >= 11 is 7.45. The van der Waals surface area contributed by atoms with Gasteiger partial charge in [0.05, 0.1) is 17.8 Å². The van der Waals surface area contributed by atoms with Crippen LogP contribution in [0.2, 0.25) is 5.02 Å². The fourth-order valence-electron chi connectivity index (χ4n) is 2.84. The van der Waals surface area contributed by atoms with E-state index in [0.29, 0.717) is 22.7 Å². The number of benzene rings is 2. The Morgan fingerprint density at radius 2 is 2.04 bits per heavy atom. The number of halogens is 1. The lowest BCUT2D eigenvalue weighted by Crippen LogP contribution is -2.25. The van der Waals surface area contributed by atoms with Crippen molar-refractivity contribution in [1.29, 1.82) is 0 Å². The minimum Gasteiger partial charge on any atom is -0.408 e. The number of nitrogens with one attached hydrogen (secondary N) is 1. The Hall–Kier alpha value is -2.90. The van der Waals surface area contributed by atoms with E-state index in [0.717, 1.165) is 16.3 Å². The molecule has 142 valence electrons. The van der Waals surface area contributed by atoms with Crippen LogP contribution in [0, 0.1) is 0 Å². The smallest absolute Gasteiger partial charge is 0.408 e. The molecule has 0 fully saturated rings. The molecule has 0 spiro atoms. The molecule has 0 aliphatic heterocycles. The number of oxazole rings is 1. The average molecular weight is 414 g/mol. The average Bonchev–Trinajstić information content (AvgIpc) is 3.29. The molecule has 2 heterocycles. The highest BCUT2D eigenvalue weighted by atomic mass is 35.5. The van der Waals surface area contributed by atoms with Crippen LogP contribution in [-0.4, -0.2) is 15.5 Å². The summed E-state index contributed by atoms with van der Waals surface area (Å²) in [5, 5.41) is 6.18. The molecule has 0 radical (unpaired) electrons. The number of fused-ring (bicyclic) bond motifs is 1. The van der Waals surface area contributed by atoms with Gasteiger partial charge in [-0.15, -0.1) is 11.3 Å². The zero-order valence-corrected chi connectivity index (χ0v) is 16.3. The lowest BCUT2D eigenvalue weighted by molar-refractivity contribution is -0.121. The summed E-state index contributed by atoms with van der Waals surface area (Å²) in [5.74, 6) is -0.665. The molecule has 28 heavy (non-hydrogen) atoms. The summed E-state index contributed by atoms with van der Waals surface area (Å²) in [6.45, 7) is 0.574. The molecule has 0 bridgehead atoms. The van der Waals surface area contributed by atoms with E-state index in [9.17, 15) is 9.59 Å². The molecule has 2 aromatic heterocycles. The number of nitrogens with zero attached hydrogens (tertiary/aromatic N) is 2. The second-order valence-corrected chi connectivity index (χ2v) is 7.46. The molecule has 4 aromatic rings. The molecule has 0 aliphatic rings. The van der Waals surface area contributed by atoms with Crippen LogP contribution < -0.4 is 11.1 Å². The van der Waals surface area contributed by atoms with Gasteiger partial charge in [-0.1, -0.05) is 41.9 Å². The number of thiazole rings is 1. The van der Waals surface area contributed by atoms with E-state index >= 15 is 0 Å². The lowest BCUT2D eigenvalue weighted by atomic mass is 10.2. The van der Waals surface area contributed by atoms with Crippen LogP contribution in [-0.2, 0) is 17.9 Å². The Bertz CT molecular complexity index is 1180. The molecule has 0 unspecified atom stereocenters. The first kappa shape index (κ1) is 18.5. The molecule has 8 heteroatoms. The molecule has 0 atom stereocenters. The molecule has 0 saturated heterocycles. The van der Waals surface area contributed by atoms with E-state index in [1.807, 2.05) is 35.7 Å². The third-order valence-electron chi connectivity index (χ3n) is 4.23. The predicted octanol–water partition coefficient (Wildman–Crippen LogP) is 4.08. The Kier molecular flexibility index (Phi) is 5.27. The van der Waals surface area contributed by atoms with Gasteiger partial charge < -0.3 is 9.73 Å². The molecule has 6 nitrogen and oxygen atoms in total. The maximum Gasteiger partial charge on any atom is 0.419 e. The summed E-state index contributed by atoms with van der Waals surface area (Å²) in [6.07, 6.45) is 0.160. The van der Waals surface area contributed by atoms with Gasteiger partial charge in [-0.2, -0.15) is 0 Å². The number of hydrogen-bond acceptors (Lipinski definition) is 5. The predicted molar refractivity (Wildman–Crippen MR) is 109 cm³/mol. The molecular weight excluding hydrogens is 398 g/mol. The van der Waals surface area contributed by atoms with Crippen molar-refractivity contribution in [2.75, 3.05) is 0 Å².